The molecule has 3 aromatic rings. The van der Waals surface area contributed by atoms with Crippen molar-refractivity contribution < 1.29 is 19.1 Å². The van der Waals surface area contributed by atoms with Gasteiger partial charge in [-0.25, -0.2) is 14.8 Å². The minimum absolute atomic E-state index is 0.105. The summed E-state index contributed by atoms with van der Waals surface area (Å²) < 4.78 is 6.44. The molecule has 9 nitrogen and oxygen atoms in total. The Morgan fingerprint density at radius 2 is 2.21 bits per heavy atom. The van der Waals surface area contributed by atoms with Gasteiger partial charge in [0.2, 0.25) is 5.95 Å². The summed E-state index contributed by atoms with van der Waals surface area (Å²) in [4.78, 5) is 31.3. The molecule has 9 heteroatoms. The van der Waals surface area contributed by atoms with Crippen molar-refractivity contribution in [3.05, 3.63) is 48.6 Å². The molecule has 122 valence electrons. The Labute approximate surface area is 136 Å². The summed E-state index contributed by atoms with van der Waals surface area (Å²) in [5, 5.41) is 15.4. The van der Waals surface area contributed by atoms with Crippen LogP contribution in [0.4, 0.5) is 5.95 Å². The topological polar surface area (TPSA) is 123 Å². The molecular formula is C15H13N5O4. The highest BCUT2D eigenvalue weighted by atomic mass is 16.4. The fourth-order valence-electron chi connectivity index (χ4n) is 1.93. The first-order valence-electron chi connectivity index (χ1n) is 7.00. The third-order valence-corrected chi connectivity index (χ3v) is 3.27. The van der Waals surface area contributed by atoms with Gasteiger partial charge in [-0.2, -0.15) is 5.10 Å². The molecule has 0 spiro atoms. The lowest BCUT2D eigenvalue weighted by Gasteiger charge is -2.05. The number of rotatable bonds is 5. The first kappa shape index (κ1) is 15.4. The Kier molecular flexibility index (Phi) is 4.06. The summed E-state index contributed by atoms with van der Waals surface area (Å²) in [7, 11) is 0. The summed E-state index contributed by atoms with van der Waals surface area (Å²) in [6, 6.07) is 4.25. The third-order valence-electron chi connectivity index (χ3n) is 3.27. The summed E-state index contributed by atoms with van der Waals surface area (Å²) in [6.45, 7) is 1.47. The molecule has 0 aromatic carbocycles. The SMILES string of the molecule is CC(C(=O)O)n1cc(C(=O)Nc2nccc(-c3ccco3)n2)cn1. The minimum atomic E-state index is -1.04. The van der Waals surface area contributed by atoms with Crippen molar-refractivity contribution in [3.8, 4) is 11.5 Å². The van der Waals surface area contributed by atoms with Gasteiger partial charge in [-0.3, -0.25) is 14.8 Å². The van der Waals surface area contributed by atoms with Gasteiger partial charge in [-0.05, 0) is 25.1 Å². The lowest BCUT2D eigenvalue weighted by molar-refractivity contribution is -0.140. The van der Waals surface area contributed by atoms with Crippen LogP contribution in [0.5, 0.6) is 0 Å². The molecule has 0 aliphatic rings. The number of aliphatic carboxylic acids is 1. The second-order valence-corrected chi connectivity index (χ2v) is 4.92. The number of carbonyl (C=O) groups excluding carboxylic acids is 1. The van der Waals surface area contributed by atoms with Crippen molar-refractivity contribution in [3.63, 3.8) is 0 Å². The average Bonchev–Trinajstić information content (AvgIpc) is 3.26. The maximum absolute atomic E-state index is 12.2. The number of carboxylic acid groups (broad SMARTS) is 1. The zero-order valence-electron chi connectivity index (χ0n) is 12.6. The summed E-state index contributed by atoms with van der Waals surface area (Å²) in [5.41, 5.74) is 0.732. The van der Waals surface area contributed by atoms with E-state index in [2.05, 4.69) is 20.4 Å². The van der Waals surface area contributed by atoms with Crippen LogP contribution in [0.3, 0.4) is 0 Å². The second-order valence-electron chi connectivity index (χ2n) is 4.92. The maximum atomic E-state index is 12.2. The Morgan fingerprint density at radius 1 is 1.38 bits per heavy atom. The van der Waals surface area contributed by atoms with E-state index in [1.165, 1.54) is 36.5 Å². The minimum Gasteiger partial charge on any atom is -0.480 e. The van der Waals surface area contributed by atoms with E-state index in [1.807, 2.05) is 0 Å². The third kappa shape index (κ3) is 3.14. The van der Waals surface area contributed by atoms with E-state index in [1.54, 1.807) is 18.2 Å². The van der Waals surface area contributed by atoms with Crippen molar-refractivity contribution >= 4 is 17.8 Å². The number of hydrogen-bond donors (Lipinski definition) is 2. The molecule has 0 bridgehead atoms. The van der Waals surface area contributed by atoms with E-state index in [9.17, 15) is 9.59 Å². The normalized spacial score (nSPS) is 11.9. The Bertz CT molecular complexity index is 872. The molecule has 1 unspecified atom stereocenters. The molecule has 0 fully saturated rings. The number of nitrogens with one attached hydrogen (secondary N) is 1. The fourth-order valence-corrected chi connectivity index (χ4v) is 1.93. The molecule has 0 radical (unpaired) electrons. The van der Waals surface area contributed by atoms with Crippen LogP contribution in [0.15, 0.2) is 47.5 Å². The largest absolute Gasteiger partial charge is 0.480 e. The molecule has 3 heterocycles. The lowest BCUT2D eigenvalue weighted by atomic mass is 10.3. The van der Waals surface area contributed by atoms with E-state index >= 15 is 0 Å². The maximum Gasteiger partial charge on any atom is 0.328 e. The van der Waals surface area contributed by atoms with Gasteiger partial charge < -0.3 is 9.52 Å². The Hall–Kier alpha value is -3.49. The zero-order chi connectivity index (χ0) is 17.1. The highest BCUT2D eigenvalue weighted by Crippen LogP contribution is 2.18. The molecule has 0 aliphatic carbocycles. The molecule has 1 atom stereocenters. The number of furan rings is 1. The first-order chi connectivity index (χ1) is 11.5. The molecule has 0 saturated carbocycles. The van der Waals surface area contributed by atoms with Crippen LogP contribution in [-0.4, -0.2) is 36.7 Å². The zero-order valence-corrected chi connectivity index (χ0v) is 12.6. The number of anilines is 1. The van der Waals surface area contributed by atoms with E-state index in [4.69, 9.17) is 9.52 Å². The van der Waals surface area contributed by atoms with Gasteiger partial charge in [0.05, 0.1) is 18.0 Å². The monoisotopic (exact) mass is 327 g/mol. The van der Waals surface area contributed by atoms with Gasteiger partial charge in [-0.1, -0.05) is 0 Å². The Morgan fingerprint density at radius 3 is 2.92 bits per heavy atom. The van der Waals surface area contributed by atoms with E-state index < -0.39 is 17.9 Å². The van der Waals surface area contributed by atoms with E-state index in [0.717, 1.165) is 0 Å². The van der Waals surface area contributed by atoms with Crippen LogP contribution in [0.25, 0.3) is 11.5 Å². The predicted octanol–water partition coefficient (Wildman–Crippen LogP) is 1.83. The fraction of sp³-hybridized carbons (Fsp3) is 0.133. The second kappa shape index (κ2) is 6.32. The van der Waals surface area contributed by atoms with Crippen molar-refractivity contribution in [1.29, 1.82) is 0 Å². The number of aromatic nitrogens is 4. The predicted molar refractivity (Wildman–Crippen MR) is 82.3 cm³/mol. The number of hydrogen-bond acceptors (Lipinski definition) is 6. The van der Waals surface area contributed by atoms with Gasteiger partial charge in [0, 0.05) is 12.4 Å². The smallest absolute Gasteiger partial charge is 0.328 e. The standard InChI is InChI=1S/C15H13N5O4/c1-9(14(22)23)20-8-10(7-17-20)13(21)19-15-16-5-4-11(18-15)12-3-2-6-24-12/h2-9H,1H3,(H,22,23)(H,16,18,19,21). The summed E-state index contributed by atoms with van der Waals surface area (Å²) >= 11 is 0. The van der Waals surface area contributed by atoms with Gasteiger partial charge in [-0.15, -0.1) is 0 Å². The average molecular weight is 327 g/mol. The van der Waals surface area contributed by atoms with Crippen LogP contribution in [0.1, 0.15) is 23.3 Å². The van der Waals surface area contributed by atoms with Crippen LogP contribution in [0, 0.1) is 0 Å². The van der Waals surface area contributed by atoms with Crippen LogP contribution in [0.2, 0.25) is 0 Å². The highest BCUT2D eigenvalue weighted by Gasteiger charge is 2.17. The molecule has 24 heavy (non-hydrogen) atoms. The lowest BCUT2D eigenvalue weighted by Crippen LogP contribution is -2.16. The summed E-state index contributed by atoms with van der Waals surface area (Å²) in [5.74, 6) is -0.876. The number of carboxylic acids is 1. The quantitative estimate of drug-likeness (QED) is 0.732. The Balaban J connectivity index is 1.76. The molecule has 2 N–H and O–H groups in total. The summed E-state index contributed by atoms with van der Waals surface area (Å²) in [6.07, 6.45) is 5.65. The van der Waals surface area contributed by atoms with Gasteiger partial charge in [0.1, 0.15) is 11.7 Å². The molecule has 0 saturated heterocycles. The van der Waals surface area contributed by atoms with Crippen LogP contribution >= 0.6 is 0 Å². The van der Waals surface area contributed by atoms with E-state index in [-0.39, 0.29) is 11.5 Å². The van der Waals surface area contributed by atoms with Crippen LogP contribution in [-0.2, 0) is 4.79 Å². The highest BCUT2D eigenvalue weighted by molar-refractivity contribution is 6.03. The molecule has 1 amide bonds. The van der Waals surface area contributed by atoms with Crippen molar-refractivity contribution in [2.45, 2.75) is 13.0 Å². The van der Waals surface area contributed by atoms with Crippen molar-refractivity contribution in [2.24, 2.45) is 0 Å². The molecular weight excluding hydrogens is 314 g/mol. The first-order valence-corrected chi connectivity index (χ1v) is 7.00. The van der Waals surface area contributed by atoms with E-state index in [0.29, 0.717) is 11.5 Å². The van der Waals surface area contributed by atoms with Gasteiger partial charge in [0.15, 0.2) is 5.76 Å². The number of carbonyl (C=O) groups is 2. The van der Waals surface area contributed by atoms with Crippen LogP contribution < -0.4 is 5.32 Å². The number of amides is 1. The molecule has 3 rings (SSSR count). The molecule has 0 aliphatic heterocycles. The van der Waals surface area contributed by atoms with Gasteiger partial charge in [0.25, 0.3) is 5.91 Å². The van der Waals surface area contributed by atoms with Crippen molar-refractivity contribution in [2.75, 3.05) is 5.32 Å². The number of nitrogens with zero attached hydrogens (tertiary/aromatic N) is 4. The van der Waals surface area contributed by atoms with Gasteiger partial charge >= 0.3 is 5.97 Å². The molecule has 3 aromatic heterocycles. The van der Waals surface area contributed by atoms with Crippen molar-refractivity contribution in [1.82, 2.24) is 19.7 Å².